The molecule has 2 aromatic carbocycles. The van der Waals surface area contributed by atoms with Crippen molar-refractivity contribution in [3.63, 3.8) is 0 Å². The molecule has 1 fully saturated rings. The van der Waals surface area contributed by atoms with Gasteiger partial charge >= 0.3 is 6.03 Å². The van der Waals surface area contributed by atoms with E-state index >= 15 is 0 Å². The van der Waals surface area contributed by atoms with Gasteiger partial charge in [0.25, 0.3) is 5.91 Å². The topological polar surface area (TPSA) is 116 Å². The molecule has 10 heteroatoms. The zero-order chi connectivity index (χ0) is 24.4. The lowest BCUT2D eigenvalue weighted by molar-refractivity contribution is -0.133. The minimum absolute atomic E-state index is 0.0836. The molecule has 2 N–H and O–H groups in total. The lowest BCUT2D eigenvalue weighted by atomic mass is 9.91. The van der Waals surface area contributed by atoms with Crippen LogP contribution in [0.1, 0.15) is 31.4 Å². The number of hydrogen-bond donors (Lipinski definition) is 2. The summed E-state index contributed by atoms with van der Waals surface area (Å²) in [5.74, 6) is -1.09. The molecule has 9 nitrogen and oxygen atoms in total. The summed E-state index contributed by atoms with van der Waals surface area (Å²) in [5, 5.41) is 5.27. The number of carbonyl (C=O) groups excluding carboxylic acids is 3. The number of anilines is 1. The molecular formula is C23H28N4O5S. The fraction of sp³-hybridized carbons (Fsp3) is 0.348. The van der Waals surface area contributed by atoms with Crippen LogP contribution >= 0.6 is 0 Å². The van der Waals surface area contributed by atoms with Gasteiger partial charge in [-0.15, -0.1) is 0 Å². The van der Waals surface area contributed by atoms with Crippen LogP contribution in [0, 0.1) is 0 Å². The Morgan fingerprint density at radius 2 is 1.67 bits per heavy atom. The van der Waals surface area contributed by atoms with Gasteiger partial charge in [0.15, 0.2) is 0 Å². The van der Waals surface area contributed by atoms with Crippen molar-refractivity contribution in [1.82, 2.24) is 14.5 Å². The minimum Gasteiger partial charge on any atom is -0.325 e. The first-order valence-electron chi connectivity index (χ1n) is 10.5. The van der Waals surface area contributed by atoms with Crippen LogP contribution in [0.2, 0.25) is 0 Å². The monoisotopic (exact) mass is 472 g/mol. The molecule has 33 heavy (non-hydrogen) atoms. The second-order valence-corrected chi connectivity index (χ2v) is 10.4. The summed E-state index contributed by atoms with van der Waals surface area (Å²) in [6.07, 6.45) is 1.93. The molecule has 4 amide bonds. The standard InChI is InChI=1S/C23H28N4O5S/c1-5-6-16-7-9-17(10-8-16)23(2)21(29)27(22(30)25-23)15-20(28)24-18-11-13-19(14-12-18)33(31,32)26(3)4/h7-14H,5-6,15H2,1-4H3,(H,24,28)(H,25,30)/t23-/m1/s1. The molecule has 0 bridgehead atoms. The van der Waals surface area contributed by atoms with Crippen molar-refractivity contribution in [2.24, 2.45) is 0 Å². The summed E-state index contributed by atoms with van der Waals surface area (Å²) in [7, 11) is -0.732. The van der Waals surface area contributed by atoms with Crippen LogP contribution in [0.3, 0.4) is 0 Å². The van der Waals surface area contributed by atoms with E-state index in [-0.39, 0.29) is 4.90 Å². The molecule has 1 aliphatic heterocycles. The van der Waals surface area contributed by atoms with Crippen LogP contribution in [-0.2, 0) is 31.6 Å². The number of benzene rings is 2. The van der Waals surface area contributed by atoms with Gasteiger partial charge in [0.2, 0.25) is 15.9 Å². The number of nitrogens with one attached hydrogen (secondary N) is 2. The molecule has 0 unspecified atom stereocenters. The molecule has 1 heterocycles. The molecule has 2 aromatic rings. The van der Waals surface area contributed by atoms with E-state index in [1.54, 1.807) is 6.92 Å². The van der Waals surface area contributed by atoms with E-state index in [9.17, 15) is 22.8 Å². The Balaban J connectivity index is 1.69. The van der Waals surface area contributed by atoms with Gasteiger partial charge in [0.05, 0.1) is 4.90 Å². The summed E-state index contributed by atoms with van der Waals surface area (Å²) >= 11 is 0. The Morgan fingerprint density at radius 3 is 2.21 bits per heavy atom. The number of sulfonamides is 1. The molecule has 1 atom stereocenters. The second kappa shape index (κ2) is 9.32. The minimum atomic E-state index is -3.59. The summed E-state index contributed by atoms with van der Waals surface area (Å²) < 4.78 is 25.4. The summed E-state index contributed by atoms with van der Waals surface area (Å²) in [6, 6.07) is 12.5. The Morgan fingerprint density at radius 1 is 1.06 bits per heavy atom. The van der Waals surface area contributed by atoms with Gasteiger partial charge < -0.3 is 10.6 Å². The Kier molecular flexibility index (Phi) is 6.89. The number of hydrogen-bond acceptors (Lipinski definition) is 5. The molecule has 0 aromatic heterocycles. The lowest BCUT2D eigenvalue weighted by Crippen LogP contribution is -2.42. The normalized spacial score (nSPS) is 18.5. The third kappa shape index (κ3) is 4.91. The lowest BCUT2D eigenvalue weighted by Gasteiger charge is -2.22. The highest BCUT2D eigenvalue weighted by atomic mass is 32.2. The van der Waals surface area contributed by atoms with Gasteiger partial charge in [0, 0.05) is 19.8 Å². The average Bonchev–Trinajstić information content (AvgIpc) is 2.98. The molecule has 1 saturated heterocycles. The first kappa shape index (κ1) is 24.4. The highest BCUT2D eigenvalue weighted by Gasteiger charge is 2.49. The van der Waals surface area contributed by atoms with Crippen molar-refractivity contribution in [3.8, 4) is 0 Å². The number of rotatable bonds is 8. The third-order valence-corrected chi connectivity index (χ3v) is 7.39. The van der Waals surface area contributed by atoms with Crippen LogP contribution in [0.25, 0.3) is 0 Å². The fourth-order valence-electron chi connectivity index (χ4n) is 3.59. The van der Waals surface area contributed by atoms with Crippen LogP contribution in [0.4, 0.5) is 10.5 Å². The van der Waals surface area contributed by atoms with Crippen molar-refractivity contribution in [2.45, 2.75) is 37.1 Å². The summed E-state index contributed by atoms with van der Waals surface area (Å²) in [6.45, 7) is 3.23. The zero-order valence-electron chi connectivity index (χ0n) is 19.1. The largest absolute Gasteiger partial charge is 0.325 e. The van der Waals surface area contributed by atoms with Crippen molar-refractivity contribution in [2.75, 3.05) is 26.0 Å². The average molecular weight is 473 g/mol. The molecule has 0 radical (unpaired) electrons. The van der Waals surface area contributed by atoms with E-state index in [0.29, 0.717) is 11.3 Å². The number of imide groups is 1. The SMILES string of the molecule is CCCc1ccc([C@@]2(C)NC(=O)N(CC(=O)Nc3ccc(S(=O)(=O)N(C)C)cc3)C2=O)cc1. The van der Waals surface area contributed by atoms with E-state index < -0.39 is 40.0 Å². The number of urea groups is 1. The maximum atomic E-state index is 13.0. The molecule has 0 saturated carbocycles. The van der Waals surface area contributed by atoms with Crippen LogP contribution < -0.4 is 10.6 Å². The van der Waals surface area contributed by atoms with Gasteiger partial charge in [-0.3, -0.25) is 14.5 Å². The van der Waals surface area contributed by atoms with E-state index in [1.165, 1.54) is 38.4 Å². The number of carbonyl (C=O) groups is 3. The Labute approximate surface area is 193 Å². The maximum Gasteiger partial charge on any atom is 0.325 e. The number of amides is 4. The third-order valence-electron chi connectivity index (χ3n) is 5.56. The first-order valence-corrected chi connectivity index (χ1v) is 12.0. The molecule has 176 valence electrons. The van der Waals surface area contributed by atoms with E-state index in [1.807, 2.05) is 24.3 Å². The van der Waals surface area contributed by atoms with E-state index in [4.69, 9.17) is 0 Å². The fourth-order valence-corrected chi connectivity index (χ4v) is 4.50. The maximum absolute atomic E-state index is 13.0. The predicted octanol–water partition coefficient (Wildman–Crippen LogP) is 2.30. The smallest absolute Gasteiger partial charge is 0.325 e. The number of aryl methyl sites for hydroxylation is 1. The predicted molar refractivity (Wildman–Crippen MR) is 124 cm³/mol. The Hall–Kier alpha value is -3.24. The van der Waals surface area contributed by atoms with Gasteiger partial charge in [-0.1, -0.05) is 37.6 Å². The highest BCUT2D eigenvalue weighted by molar-refractivity contribution is 7.89. The molecule has 1 aliphatic rings. The number of nitrogens with zero attached hydrogens (tertiary/aromatic N) is 2. The second-order valence-electron chi connectivity index (χ2n) is 8.25. The quantitative estimate of drug-likeness (QED) is 0.572. The highest BCUT2D eigenvalue weighted by Crippen LogP contribution is 2.29. The van der Waals surface area contributed by atoms with Crippen LogP contribution in [-0.4, -0.2) is 56.1 Å². The molecule has 0 spiro atoms. The first-order chi connectivity index (χ1) is 15.5. The van der Waals surface area contributed by atoms with Crippen molar-refractivity contribution in [3.05, 3.63) is 59.7 Å². The van der Waals surface area contributed by atoms with Crippen molar-refractivity contribution < 1.29 is 22.8 Å². The molecule has 0 aliphatic carbocycles. The van der Waals surface area contributed by atoms with Gasteiger partial charge in [0.1, 0.15) is 12.1 Å². The molecule has 3 rings (SSSR count). The van der Waals surface area contributed by atoms with Crippen molar-refractivity contribution >= 4 is 33.6 Å². The Bertz CT molecular complexity index is 1160. The van der Waals surface area contributed by atoms with Gasteiger partial charge in [-0.05, 0) is 48.7 Å². The van der Waals surface area contributed by atoms with Crippen LogP contribution in [0.5, 0.6) is 0 Å². The summed E-state index contributed by atoms with van der Waals surface area (Å²) in [5.41, 5.74) is 0.868. The van der Waals surface area contributed by atoms with Crippen molar-refractivity contribution in [1.29, 1.82) is 0 Å². The zero-order valence-corrected chi connectivity index (χ0v) is 19.9. The van der Waals surface area contributed by atoms with Crippen LogP contribution in [0.15, 0.2) is 53.4 Å². The van der Waals surface area contributed by atoms with Gasteiger partial charge in [-0.2, -0.15) is 0 Å². The molecular weight excluding hydrogens is 444 g/mol. The van der Waals surface area contributed by atoms with Gasteiger partial charge in [-0.25, -0.2) is 17.5 Å². The van der Waals surface area contributed by atoms with E-state index in [0.717, 1.165) is 27.6 Å². The summed E-state index contributed by atoms with van der Waals surface area (Å²) in [4.78, 5) is 39.0. The van der Waals surface area contributed by atoms with E-state index in [2.05, 4.69) is 17.6 Å².